The van der Waals surface area contributed by atoms with Crippen molar-refractivity contribution in [3.63, 3.8) is 0 Å². The Hall–Kier alpha value is 0.870. The molecule has 0 saturated carbocycles. The van der Waals surface area contributed by atoms with Gasteiger partial charge in [0.1, 0.15) is 0 Å². The van der Waals surface area contributed by atoms with E-state index in [1.165, 1.54) is 0 Å². The van der Waals surface area contributed by atoms with Crippen LogP contribution in [-0.4, -0.2) is 24.4 Å². The van der Waals surface area contributed by atoms with Gasteiger partial charge in [0.2, 0.25) is 0 Å². The topological polar surface area (TPSA) is 0 Å². The molecule has 0 unspecified atom stereocenters. The van der Waals surface area contributed by atoms with E-state index < -0.39 is 0 Å². The third-order valence-electron chi connectivity index (χ3n) is 1.73. The van der Waals surface area contributed by atoms with Crippen LogP contribution in [0.1, 0.15) is 27.7 Å². The van der Waals surface area contributed by atoms with E-state index in [2.05, 4.69) is 27.7 Å². The molecule has 42 valence electrons. The van der Waals surface area contributed by atoms with Gasteiger partial charge in [0.05, 0.1) is 0 Å². The fourth-order valence-electron chi connectivity index (χ4n) is 0. The molecule has 0 bridgehead atoms. The quantitative estimate of drug-likeness (QED) is 0.603. The monoisotopic (exact) mass is 202 g/mol. The molecule has 0 radical (unpaired) electrons. The van der Waals surface area contributed by atoms with Crippen LogP contribution in [0.4, 0.5) is 0 Å². The van der Waals surface area contributed by atoms with Crippen LogP contribution in [0.2, 0.25) is 3.17 Å². The van der Waals surface area contributed by atoms with Crippen LogP contribution in [-0.2, 0) is 0 Å². The standard InChI is InChI=1S/C6H13.In.2H/c1-5(2)6(3)4;;;/h5H,1-4H3;;;. The molecule has 0 rings (SSSR count). The van der Waals surface area contributed by atoms with E-state index in [-0.39, 0.29) is 0 Å². The summed E-state index contributed by atoms with van der Waals surface area (Å²) in [5, 5.41) is 0. The molecule has 0 aliphatic rings. The van der Waals surface area contributed by atoms with Crippen molar-refractivity contribution in [3.8, 4) is 0 Å². The summed E-state index contributed by atoms with van der Waals surface area (Å²) in [6.45, 7) is 9.31. The molecular formula is C6H15In. The van der Waals surface area contributed by atoms with E-state index in [9.17, 15) is 0 Å². The normalized spacial score (nSPS) is 12.7. The summed E-state index contributed by atoms with van der Waals surface area (Å²) in [5.74, 6) is 0.892. The van der Waals surface area contributed by atoms with Gasteiger partial charge in [-0.2, -0.15) is 0 Å². The molecule has 0 heterocycles. The van der Waals surface area contributed by atoms with Gasteiger partial charge >= 0.3 is 61.2 Å². The van der Waals surface area contributed by atoms with Crippen molar-refractivity contribution in [1.82, 2.24) is 0 Å². The maximum atomic E-state index is 2.35. The van der Waals surface area contributed by atoms with Gasteiger partial charge in [-0.3, -0.25) is 0 Å². The zero-order valence-electron chi connectivity index (χ0n) is 6.08. The molecule has 0 aliphatic heterocycles. The zero-order valence-corrected chi connectivity index (χ0v) is 11.8. The van der Waals surface area contributed by atoms with Crippen LogP contribution >= 0.6 is 0 Å². The Balaban J connectivity index is 3.54. The maximum absolute atomic E-state index is 2.35. The van der Waals surface area contributed by atoms with E-state index in [1.54, 1.807) is 0 Å². The summed E-state index contributed by atoms with van der Waals surface area (Å²) < 4.78 is 0.710. The molecular weight excluding hydrogens is 187 g/mol. The first-order chi connectivity index (χ1) is 2.94. The van der Waals surface area contributed by atoms with Crippen molar-refractivity contribution in [2.24, 2.45) is 5.92 Å². The van der Waals surface area contributed by atoms with Gasteiger partial charge in [-0.1, -0.05) is 0 Å². The van der Waals surface area contributed by atoms with Gasteiger partial charge in [-0.25, -0.2) is 0 Å². The zero-order chi connectivity index (χ0) is 6.08. The van der Waals surface area contributed by atoms with Gasteiger partial charge in [0.25, 0.3) is 0 Å². The first-order valence-electron chi connectivity index (χ1n) is 2.94. The molecule has 0 spiro atoms. The average molecular weight is 202 g/mol. The molecule has 7 heavy (non-hydrogen) atoms. The predicted octanol–water partition coefficient (Wildman–Crippen LogP) is 1.47. The first kappa shape index (κ1) is 7.87. The average Bonchev–Trinajstić information content (AvgIpc) is 1.31. The predicted molar refractivity (Wildman–Crippen MR) is 37.4 cm³/mol. The second-order valence-corrected chi connectivity index (χ2v) is 10.9. The van der Waals surface area contributed by atoms with E-state index in [1.807, 2.05) is 0 Å². The Morgan fingerprint density at radius 3 is 1.43 bits per heavy atom. The fraction of sp³-hybridized carbons (Fsp3) is 1.00. The van der Waals surface area contributed by atoms with Gasteiger partial charge in [0, 0.05) is 0 Å². The Bertz CT molecular complexity index is 49.7. The SMILES string of the molecule is CC(C)[C](C)(C)[InH2]. The second kappa shape index (κ2) is 2.43. The molecule has 0 atom stereocenters. The number of hydrogen-bond acceptors (Lipinski definition) is 0. The summed E-state index contributed by atoms with van der Waals surface area (Å²) in [6.07, 6.45) is 0. The third kappa shape index (κ3) is 3.45. The van der Waals surface area contributed by atoms with Crippen molar-refractivity contribution in [3.05, 3.63) is 0 Å². The van der Waals surface area contributed by atoms with Crippen molar-refractivity contribution in [2.45, 2.75) is 30.9 Å². The Kier molecular flexibility index (Phi) is 2.73. The van der Waals surface area contributed by atoms with E-state index >= 15 is 0 Å². The van der Waals surface area contributed by atoms with Crippen LogP contribution in [0, 0.1) is 5.92 Å². The van der Waals surface area contributed by atoms with Crippen LogP contribution < -0.4 is 0 Å². The minimum absolute atomic E-state index is 0.710. The van der Waals surface area contributed by atoms with Crippen molar-refractivity contribution in [2.75, 3.05) is 0 Å². The van der Waals surface area contributed by atoms with Gasteiger partial charge in [-0.15, -0.1) is 0 Å². The van der Waals surface area contributed by atoms with E-state index in [0.29, 0.717) is 3.17 Å². The Morgan fingerprint density at radius 1 is 1.29 bits per heavy atom. The van der Waals surface area contributed by atoms with E-state index in [0.717, 1.165) is 30.3 Å². The van der Waals surface area contributed by atoms with Crippen molar-refractivity contribution in [1.29, 1.82) is 0 Å². The first-order valence-corrected chi connectivity index (χ1v) is 5.80. The molecule has 1 heteroatoms. The van der Waals surface area contributed by atoms with Crippen LogP contribution in [0.25, 0.3) is 0 Å². The molecule has 0 amide bonds. The van der Waals surface area contributed by atoms with Crippen LogP contribution in [0.3, 0.4) is 0 Å². The fourth-order valence-corrected chi connectivity index (χ4v) is 0. The Morgan fingerprint density at radius 2 is 1.43 bits per heavy atom. The minimum atomic E-state index is 0.710. The summed E-state index contributed by atoms with van der Waals surface area (Å²) >= 11 is 0.827. The van der Waals surface area contributed by atoms with Crippen molar-refractivity contribution < 1.29 is 0 Å². The van der Waals surface area contributed by atoms with E-state index in [4.69, 9.17) is 0 Å². The number of hydrogen-bond donors (Lipinski definition) is 0. The summed E-state index contributed by atoms with van der Waals surface area (Å²) in [5.41, 5.74) is 0. The summed E-state index contributed by atoms with van der Waals surface area (Å²) in [7, 11) is 0. The Labute approximate surface area is 61.3 Å². The third-order valence-corrected chi connectivity index (χ3v) is 5.03. The molecule has 0 nitrogen and oxygen atoms in total. The van der Waals surface area contributed by atoms with Crippen LogP contribution in [0.15, 0.2) is 0 Å². The van der Waals surface area contributed by atoms with Crippen LogP contribution in [0.5, 0.6) is 0 Å². The molecule has 0 aromatic heterocycles. The molecule has 0 aliphatic carbocycles. The summed E-state index contributed by atoms with van der Waals surface area (Å²) in [6, 6.07) is 0. The molecule has 0 N–H and O–H groups in total. The molecule has 0 fully saturated rings. The van der Waals surface area contributed by atoms with Gasteiger partial charge < -0.3 is 0 Å². The second-order valence-electron chi connectivity index (χ2n) is 3.52. The molecule has 0 aromatic carbocycles. The number of rotatable bonds is 1. The molecule has 0 aromatic rings. The van der Waals surface area contributed by atoms with Crippen molar-refractivity contribution >= 4 is 24.4 Å². The van der Waals surface area contributed by atoms with Gasteiger partial charge in [-0.05, 0) is 0 Å². The van der Waals surface area contributed by atoms with Gasteiger partial charge in [0.15, 0.2) is 0 Å². The summed E-state index contributed by atoms with van der Waals surface area (Å²) in [4.78, 5) is 0. The molecule has 0 saturated heterocycles.